The molecule has 0 aliphatic rings. The van der Waals surface area contributed by atoms with Crippen LogP contribution in [0.15, 0.2) is 0 Å². The van der Waals surface area contributed by atoms with Crippen LogP contribution in [0.2, 0.25) is 0 Å². The monoisotopic (exact) mass is 245 g/mol. The maximum absolute atomic E-state index is 11.4. The molecule has 5 nitrogen and oxygen atoms in total. The van der Waals surface area contributed by atoms with Gasteiger partial charge in [0.2, 0.25) is 0 Å². The lowest BCUT2D eigenvalue weighted by atomic mass is 10.3. The normalized spacial score (nSPS) is 11.4. The van der Waals surface area contributed by atoms with Gasteiger partial charge in [0.1, 0.15) is 0 Å². The van der Waals surface area contributed by atoms with Gasteiger partial charge in [-0.05, 0) is 6.42 Å². The molecule has 0 unspecified atom stereocenters. The van der Waals surface area contributed by atoms with E-state index in [4.69, 9.17) is 5.73 Å². The van der Waals surface area contributed by atoms with Crippen molar-refractivity contribution in [2.75, 3.05) is 26.7 Å². The predicted octanol–water partition coefficient (Wildman–Crippen LogP) is -0.0668. The standard InChI is InChI=1S/C7H19N3O2S.ClH/c1-3-4-7-10(2)13(11,12)9-6-5-8;/h9H,3-8H2,1-2H3;1H. The molecular weight excluding hydrogens is 226 g/mol. The topological polar surface area (TPSA) is 75.4 Å². The van der Waals surface area contributed by atoms with E-state index in [1.54, 1.807) is 7.05 Å². The summed E-state index contributed by atoms with van der Waals surface area (Å²) in [7, 11) is -1.73. The number of nitrogens with two attached hydrogens (primary N) is 1. The lowest BCUT2D eigenvalue weighted by Crippen LogP contribution is -2.40. The Hall–Kier alpha value is 0.120. The molecule has 0 spiro atoms. The van der Waals surface area contributed by atoms with Crippen molar-refractivity contribution in [2.45, 2.75) is 19.8 Å². The van der Waals surface area contributed by atoms with Gasteiger partial charge in [-0.25, -0.2) is 4.72 Å². The highest BCUT2D eigenvalue weighted by atomic mass is 35.5. The molecule has 3 N–H and O–H groups in total. The van der Waals surface area contributed by atoms with Crippen LogP contribution in [0.25, 0.3) is 0 Å². The molecule has 0 radical (unpaired) electrons. The highest BCUT2D eigenvalue weighted by molar-refractivity contribution is 7.87. The summed E-state index contributed by atoms with van der Waals surface area (Å²) in [6.45, 7) is 3.18. The van der Waals surface area contributed by atoms with Gasteiger partial charge in [0.05, 0.1) is 0 Å². The van der Waals surface area contributed by atoms with E-state index in [2.05, 4.69) is 4.72 Å². The van der Waals surface area contributed by atoms with E-state index in [0.717, 1.165) is 12.8 Å². The van der Waals surface area contributed by atoms with Gasteiger partial charge in [0.25, 0.3) is 10.2 Å². The summed E-state index contributed by atoms with van der Waals surface area (Å²) in [6, 6.07) is 0. The van der Waals surface area contributed by atoms with Crippen LogP contribution in [0.1, 0.15) is 19.8 Å². The highest BCUT2D eigenvalue weighted by Crippen LogP contribution is 1.96. The summed E-state index contributed by atoms with van der Waals surface area (Å²) < 4.78 is 26.4. The van der Waals surface area contributed by atoms with Crippen LogP contribution in [0.5, 0.6) is 0 Å². The maximum Gasteiger partial charge on any atom is 0.279 e. The van der Waals surface area contributed by atoms with Crippen LogP contribution in [0.4, 0.5) is 0 Å². The molecule has 0 heterocycles. The van der Waals surface area contributed by atoms with Gasteiger partial charge in [-0.1, -0.05) is 13.3 Å². The van der Waals surface area contributed by atoms with Gasteiger partial charge in [-0.2, -0.15) is 12.7 Å². The van der Waals surface area contributed by atoms with Crippen LogP contribution in [-0.2, 0) is 10.2 Å². The summed E-state index contributed by atoms with van der Waals surface area (Å²) in [5.74, 6) is 0. The Morgan fingerprint density at radius 1 is 1.43 bits per heavy atom. The summed E-state index contributed by atoms with van der Waals surface area (Å²) in [6.07, 6.45) is 1.86. The minimum absolute atomic E-state index is 0. The third-order valence-electron chi connectivity index (χ3n) is 1.67. The van der Waals surface area contributed by atoms with Crippen molar-refractivity contribution in [1.29, 1.82) is 0 Å². The largest absolute Gasteiger partial charge is 0.329 e. The Labute approximate surface area is 92.6 Å². The summed E-state index contributed by atoms with van der Waals surface area (Å²) in [5, 5.41) is 0. The number of halogens is 1. The van der Waals surface area contributed by atoms with Gasteiger partial charge >= 0.3 is 0 Å². The van der Waals surface area contributed by atoms with E-state index < -0.39 is 10.2 Å². The van der Waals surface area contributed by atoms with Gasteiger partial charge in [0.15, 0.2) is 0 Å². The Balaban J connectivity index is 0. The van der Waals surface area contributed by atoms with Crippen molar-refractivity contribution < 1.29 is 8.42 Å². The van der Waals surface area contributed by atoms with Crippen LogP contribution >= 0.6 is 12.4 Å². The lowest BCUT2D eigenvalue weighted by molar-refractivity contribution is 0.449. The minimum atomic E-state index is -3.29. The third kappa shape index (κ3) is 6.56. The molecule has 88 valence electrons. The minimum Gasteiger partial charge on any atom is -0.329 e. The van der Waals surface area contributed by atoms with Crippen LogP contribution in [-0.4, -0.2) is 39.4 Å². The second-order valence-electron chi connectivity index (χ2n) is 2.86. The molecule has 0 aromatic heterocycles. The van der Waals surface area contributed by atoms with Crippen molar-refractivity contribution in [2.24, 2.45) is 5.73 Å². The fourth-order valence-electron chi connectivity index (χ4n) is 0.799. The lowest BCUT2D eigenvalue weighted by Gasteiger charge is -2.16. The van der Waals surface area contributed by atoms with E-state index in [1.807, 2.05) is 6.92 Å². The zero-order valence-corrected chi connectivity index (χ0v) is 10.3. The molecule has 0 atom stereocenters. The van der Waals surface area contributed by atoms with E-state index >= 15 is 0 Å². The first-order chi connectivity index (χ1) is 6.04. The molecule has 0 aliphatic heterocycles. The number of unbranched alkanes of at least 4 members (excludes halogenated alkanes) is 1. The maximum atomic E-state index is 11.4. The SMILES string of the molecule is CCCCN(C)S(=O)(=O)NCCN.Cl. The van der Waals surface area contributed by atoms with Crippen molar-refractivity contribution in [3.63, 3.8) is 0 Å². The quantitative estimate of drug-likeness (QED) is 0.660. The second kappa shape index (κ2) is 8.43. The summed E-state index contributed by atoms with van der Waals surface area (Å²) >= 11 is 0. The molecule has 0 saturated heterocycles. The van der Waals surface area contributed by atoms with E-state index in [-0.39, 0.29) is 12.4 Å². The molecule has 0 aliphatic carbocycles. The molecule has 0 fully saturated rings. The average Bonchev–Trinajstić information content (AvgIpc) is 2.10. The number of hydrogen-bond acceptors (Lipinski definition) is 3. The average molecular weight is 246 g/mol. The van der Waals surface area contributed by atoms with E-state index in [0.29, 0.717) is 19.6 Å². The Bertz CT molecular complexity index is 221. The van der Waals surface area contributed by atoms with E-state index in [9.17, 15) is 8.42 Å². The van der Waals surface area contributed by atoms with Crippen molar-refractivity contribution in [3.8, 4) is 0 Å². The zero-order chi connectivity index (χ0) is 10.3. The van der Waals surface area contributed by atoms with Crippen molar-refractivity contribution in [3.05, 3.63) is 0 Å². The number of nitrogens with zero attached hydrogens (tertiary/aromatic N) is 1. The predicted molar refractivity (Wildman–Crippen MR) is 60.8 cm³/mol. The molecule has 7 heteroatoms. The molecule has 0 rings (SSSR count). The van der Waals surface area contributed by atoms with Crippen LogP contribution in [0, 0.1) is 0 Å². The fourth-order valence-corrected chi connectivity index (χ4v) is 1.76. The first-order valence-electron chi connectivity index (χ1n) is 4.45. The smallest absolute Gasteiger partial charge is 0.279 e. The van der Waals surface area contributed by atoms with Gasteiger partial charge < -0.3 is 5.73 Å². The first-order valence-corrected chi connectivity index (χ1v) is 5.89. The molecule has 0 amide bonds. The fraction of sp³-hybridized carbons (Fsp3) is 1.00. The highest BCUT2D eigenvalue weighted by Gasteiger charge is 2.14. The molecular formula is C7H20ClN3O2S. The summed E-state index contributed by atoms with van der Waals surface area (Å²) in [4.78, 5) is 0. The Kier molecular flexibility index (Phi) is 9.96. The van der Waals surface area contributed by atoms with Crippen LogP contribution in [0.3, 0.4) is 0 Å². The first kappa shape index (κ1) is 16.5. The number of rotatable bonds is 7. The molecule has 0 aromatic carbocycles. The molecule has 0 bridgehead atoms. The number of hydrogen-bond donors (Lipinski definition) is 2. The van der Waals surface area contributed by atoms with Gasteiger partial charge in [-0.3, -0.25) is 0 Å². The molecule has 0 saturated carbocycles. The van der Waals surface area contributed by atoms with E-state index in [1.165, 1.54) is 4.31 Å². The Morgan fingerprint density at radius 3 is 2.43 bits per heavy atom. The van der Waals surface area contributed by atoms with Gasteiger partial charge in [-0.15, -0.1) is 12.4 Å². The zero-order valence-electron chi connectivity index (χ0n) is 8.69. The van der Waals surface area contributed by atoms with Gasteiger partial charge in [0, 0.05) is 26.7 Å². The second-order valence-corrected chi connectivity index (χ2v) is 4.73. The molecule has 14 heavy (non-hydrogen) atoms. The molecule has 0 aromatic rings. The summed E-state index contributed by atoms with van der Waals surface area (Å²) in [5.41, 5.74) is 5.19. The Morgan fingerprint density at radius 2 is 2.00 bits per heavy atom. The number of nitrogens with one attached hydrogen (secondary N) is 1. The van der Waals surface area contributed by atoms with Crippen molar-refractivity contribution >= 4 is 22.6 Å². The van der Waals surface area contributed by atoms with Crippen LogP contribution < -0.4 is 10.5 Å². The van der Waals surface area contributed by atoms with Crippen molar-refractivity contribution in [1.82, 2.24) is 9.03 Å². The third-order valence-corrected chi connectivity index (χ3v) is 3.24.